The van der Waals surface area contributed by atoms with Crippen LogP contribution in [0.2, 0.25) is 0 Å². The summed E-state index contributed by atoms with van der Waals surface area (Å²) in [5.74, 6) is 0.282. The SMILES string of the molecule is COc1cccc(CCNC(=O)c2ccc(F)cc2C)c1. The van der Waals surface area contributed by atoms with Crippen LogP contribution in [-0.2, 0) is 6.42 Å². The Labute approximate surface area is 123 Å². The zero-order valence-electron chi connectivity index (χ0n) is 12.2. The smallest absolute Gasteiger partial charge is 0.251 e. The van der Waals surface area contributed by atoms with E-state index < -0.39 is 0 Å². The molecule has 0 saturated heterocycles. The first-order valence-corrected chi connectivity index (χ1v) is 6.77. The molecular formula is C17H18FNO2. The molecule has 0 radical (unpaired) electrons. The number of ether oxygens (including phenoxy) is 1. The number of carbonyl (C=O) groups is 1. The van der Waals surface area contributed by atoms with E-state index in [1.807, 2.05) is 24.3 Å². The van der Waals surface area contributed by atoms with Gasteiger partial charge in [0, 0.05) is 12.1 Å². The summed E-state index contributed by atoms with van der Waals surface area (Å²) in [7, 11) is 1.62. The third kappa shape index (κ3) is 4.05. The van der Waals surface area contributed by atoms with Gasteiger partial charge in [-0.2, -0.15) is 0 Å². The molecule has 0 aliphatic rings. The molecule has 2 aromatic rings. The van der Waals surface area contributed by atoms with Crippen LogP contribution in [0.3, 0.4) is 0 Å². The minimum absolute atomic E-state index is 0.185. The molecule has 2 aromatic carbocycles. The van der Waals surface area contributed by atoms with Crippen molar-refractivity contribution in [3.05, 3.63) is 65.0 Å². The minimum atomic E-state index is -0.333. The maximum Gasteiger partial charge on any atom is 0.251 e. The normalized spacial score (nSPS) is 10.2. The van der Waals surface area contributed by atoms with Gasteiger partial charge in [-0.05, 0) is 54.8 Å². The maximum atomic E-state index is 13.0. The van der Waals surface area contributed by atoms with E-state index in [2.05, 4.69) is 5.32 Å². The second kappa shape index (κ2) is 6.88. The minimum Gasteiger partial charge on any atom is -0.497 e. The van der Waals surface area contributed by atoms with Crippen molar-refractivity contribution in [1.29, 1.82) is 0 Å². The Balaban J connectivity index is 1.92. The molecule has 0 heterocycles. The lowest BCUT2D eigenvalue weighted by atomic mass is 10.1. The number of rotatable bonds is 5. The lowest BCUT2D eigenvalue weighted by Gasteiger charge is -2.08. The summed E-state index contributed by atoms with van der Waals surface area (Å²) in [6.45, 7) is 2.24. The van der Waals surface area contributed by atoms with Crippen molar-refractivity contribution in [1.82, 2.24) is 5.32 Å². The summed E-state index contributed by atoms with van der Waals surface area (Å²) in [6, 6.07) is 11.9. The number of methoxy groups -OCH3 is 1. The summed E-state index contributed by atoms with van der Waals surface area (Å²) in [5.41, 5.74) is 2.22. The van der Waals surface area contributed by atoms with Crippen LogP contribution in [0.1, 0.15) is 21.5 Å². The van der Waals surface area contributed by atoms with Gasteiger partial charge in [0.25, 0.3) is 5.91 Å². The van der Waals surface area contributed by atoms with Crippen LogP contribution in [0.15, 0.2) is 42.5 Å². The lowest BCUT2D eigenvalue weighted by molar-refractivity contribution is 0.0953. The van der Waals surface area contributed by atoms with E-state index in [-0.39, 0.29) is 11.7 Å². The fourth-order valence-corrected chi connectivity index (χ4v) is 2.13. The molecule has 0 saturated carbocycles. The van der Waals surface area contributed by atoms with Crippen molar-refractivity contribution in [3.8, 4) is 5.75 Å². The van der Waals surface area contributed by atoms with E-state index >= 15 is 0 Å². The summed E-state index contributed by atoms with van der Waals surface area (Å²) < 4.78 is 18.2. The second-order valence-electron chi connectivity index (χ2n) is 4.82. The van der Waals surface area contributed by atoms with E-state index in [1.165, 1.54) is 18.2 Å². The molecule has 110 valence electrons. The average molecular weight is 287 g/mol. The molecule has 2 rings (SSSR count). The van der Waals surface area contributed by atoms with Crippen LogP contribution in [0.4, 0.5) is 4.39 Å². The predicted molar refractivity (Wildman–Crippen MR) is 80.2 cm³/mol. The number of amides is 1. The first-order chi connectivity index (χ1) is 10.1. The van der Waals surface area contributed by atoms with E-state index in [9.17, 15) is 9.18 Å². The fourth-order valence-electron chi connectivity index (χ4n) is 2.13. The van der Waals surface area contributed by atoms with Crippen molar-refractivity contribution >= 4 is 5.91 Å². The Morgan fingerprint density at radius 2 is 2.05 bits per heavy atom. The molecule has 21 heavy (non-hydrogen) atoms. The molecule has 0 spiro atoms. The van der Waals surface area contributed by atoms with Crippen LogP contribution < -0.4 is 10.1 Å². The lowest BCUT2D eigenvalue weighted by Crippen LogP contribution is -2.26. The summed E-state index contributed by atoms with van der Waals surface area (Å²) in [6.07, 6.45) is 0.711. The van der Waals surface area contributed by atoms with E-state index in [0.717, 1.165) is 11.3 Å². The second-order valence-corrected chi connectivity index (χ2v) is 4.82. The monoisotopic (exact) mass is 287 g/mol. The first-order valence-electron chi connectivity index (χ1n) is 6.77. The molecule has 0 bridgehead atoms. The molecule has 0 fully saturated rings. The highest BCUT2D eigenvalue weighted by molar-refractivity contribution is 5.95. The zero-order valence-corrected chi connectivity index (χ0v) is 12.2. The van der Waals surface area contributed by atoms with Crippen molar-refractivity contribution in [2.45, 2.75) is 13.3 Å². The molecule has 0 atom stereocenters. The Morgan fingerprint density at radius 3 is 2.76 bits per heavy atom. The molecule has 0 aliphatic heterocycles. The van der Waals surface area contributed by atoms with Gasteiger partial charge in [-0.3, -0.25) is 4.79 Å². The molecule has 1 N–H and O–H groups in total. The third-order valence-corrected chi connectivity index (χ3v) is 3.27. The summed E-state index contributed by atoms with van der Waals surface area (Å²) in [5, 5.41) is 2.84. The molecule has 0 aliphatic carbocycles. The van der Waals surface area contributed by atoms with Gasteiger partial charge in [-0.25, -0.2) is 4.39 Å². The highest BCUT2D eigenvalue weighted by Gasteiger charge is 2.09. The quantitative estimate of drug-likeness (QED) is 0.917. The number of aryl methyl sites for hydroxylation is 1. The number of hydrogen-bond donors (Lipinski definition) is 1. The topological polar surface area (TPSA) is 38.3 Å². The highest BCUT2D eigenvalue weighted by Crippen LogP contribution is 2.13. The van der Waals surface area contributed by atoms with Crippen molar-refractivity contribution in [2.75, 3.05) is 13.7 Å². The first kappa shape index (κ1) is 15.0. The van der Waals surface area contributed by atoms with Gasteiger partial charge in [0.15, 0.2) is 0 Å². The molecule has 1 amide bonds. The maximum absolute atomic E-state index is 13.0. The van der Waals surface area contributed by atoms with Gasteiger partial charge < -0.3 is 10.1 Å². The number of benzene rings is 2. The van der Waals surface area contributed by atoms with Crippen LogP contribution >= 0.6 is 0 Å². The van der Waals surface area contributed by atoms with E-state index in [4.69, 9.17) is 4.74 Å². The Morgan fingerprint density at radius 1 is 1.24 bits per heavy atom. The van der Waals surface area contributed by atoms with Gasteiger partial charge >= 0.3 is 0 Å². The van der Waals surface area contributed by atoms with Crippen molar-refractivity contribution in [3.63, 3.8) is 0 Å². The summed E-state index contributed by atoms with van der Waals surface area (Å²) in [4.78, 5) is 12.0. The molecule has 3 nitrogen and oxygen atoms in total. The standard InChI is InChI=1S/C17H18FNO2/c1-12-10-14(18)6-7-16(12)17(20)19-9-8-13-4-3-5-15(11-13)21-2/h3-7,10-11H,8-9H2,1-2H3,(H,19,20). The van der Waals surface area contributed by atoms with E-state index in [0.29, 0.717) is 24.1 Å². The zero-order chi connectivity index (χ0) is 15.2. The predicted octanol–water partition coefficient (Wildman–Crippen LogP) is 3.12. The van der Waals surface area contributed by atoms with Crippen LogP contribution in [0, 0.1) is 12.7 Å². The van der Waals surface area contributed by atoms with Crippen LogP contribution in [0.5, 0.6) is 5.75 Å². The van der Waals surface area contributed by atoms with E-state index in [1.54, 1.807) is 14.0 Å². The molecule has 4 heteroatoms. The van der Waals surface area contributed by atoms with Crippen LogP contribution in [-0.4, -0.2) is 19.6 Å². The fraction of sp³-hybridized carbons (Fsp3) is 0.235. The van der Waals surface area contributed by atoms with Gasteiger partial charge in [0.2, 0.25) is 0 Å². The van der Waals surface area contributed by atoms with Crippen LogP contribution in [0.25, 0.3) is 0 Å². The third-order valence-electron chi connectivity index (χ3n) is 3.27. The summed E-state index contributed by atoms with van der Waals surface area (Å²) >= 11 is 0. The van der Waals surface area contributed by atoms with Gasteiger partial charge in [0.1, 0.15) is 11.6 Å². The number of hydrogen-bond acceptors (Lipinski definition) is 2. The number of nitrogens with one attached hydrogen (secondary N) is 1. The van der Waals surface area contributed by atoms with Gasteiger partial charge in [-0.1, -0.05) is 12.1 Å². The Bertz CT molecular complexity index is 640. The van der Waals surface area contributed by atoms with Crippen molar-refractivity contribution in [2.24, 2.45) is 0 Å². The molecule has 0 unspecified atom stereocenters. The number of halogens is 1. The average Bonchev–Trinajstić information content (AvgIpc) is 2.47. The van der Waals surface area contributed by atoms with Crippen molar-refractivity contribution < 1.29 is 13.9 Å². The largest absolute Gasteiger partial charge is 0.497 e. The number of carbonyl (C=O) groups excluding carboxylic acids is 1. The van der Waals surface area contributed by atoms with Gasteiger partial charge in [-0.15, -0.1) is 0 Å². The molecule has 0 aromatic heterocycles. The Hall–Kier alpha value is -2.36. The Kier molecular flexibility index (Phi) is 4.93. The molecular weight excluding hydrogens is 269 g/mol. The van der Waals surface area contributed by atoms with Gasteiger partial charge in [0.05, 0.1) is 7.11 Å². The highest BCUT2D eigenvalue weighted by atomic mass is 19.1.